The van der Waals surface area contributed by atoms with Crippen molar-refractivity contribution in [1.82, 2.24) is 0 Å². The second kappa shape index (κ2) is 19.6. The predicted octanol–water partition coefficient (Wildman–Crippen LogP) is 7.27. The molecule has 5 bridgehead atoms. The number of aliphatic hydroxyl groups is 2. The minimum atomic E-state index is -2.05. The zero-order valence-electron chi connectivity index (χ0n) is 36.5. The highest BCUT2D eigenvalue weighted by molar-refractivity contribution is 6.24. The first-order valence-electron chi connectivity index (χ1n) is 21.0. The van der Waals surface area contributed by atoms with Crippen LogP contribution in [-0.4, -0.2) is 92.4 Å². The van der Waals surface area contributed by atoms with Crippen LogP contribution in [0.2, 0.25) is 0 Å². The van der Waals surface area contributed by atoms with Crippen molar-refractivity contribution < 1.29 is 58.9 Å². The third-order valence-corrected chi connectivity index (χ3v) is 12.3. The van der Waals surface area contributed by atoms with Gasteiger partial charge in [0.25, 0.3) is 11.7 Å². The van der Waals surface area contributed by atoms with Crippen LogP contribution in [0.3, 0.4) is 0 Å². The van der Waals surface area contributed by atoms with E-state index in [1.807, 2.05) is 0 Å². The zero-order chi connectivity index (χ0) is 44.9. The van der Waals surface area contributed by atoms with Crippen LogP contribution in [0.5, 0.6) is 23.0 Å². The van der Waals surface area contributed by atoms with Crippen molar-refractivity contribution in [2.24, 2.45) is 33.9 Å². The lowest BCUT2D eigenvalue weighted by Gasteiger charge is -2.38. The standard InChI is InChI=1S/C46H61N3O12/c1-23-16-15-17-24(2)45(57)48-36-31(22-47-49-30-18-13-11-10-12-14-19-30)40(54)33-34(41(36)55)39(53)28(6)43-35(33)44(56)46(8,61-43)59-21-20-32(58-9)25(3)42(60-29(7)50)27(5)38(52)26(4)37(23)51/h15-17,20-23,25-27,32,37-38,42,51-55H,10-14,18-19H2,1-9H3,(H,48,57)/b16-15?,21-20?,24-17?,47-22+. The number of carbonyl (C=O) groups excluding carboxylic acids is 3. The van der Waals surface area contributed by atoms with E-state index < -0.39 is 88.8 Å². The van der Waals surface area contributed by atoms with Crippen molar-refractivity contribution >= 4 is 46.0 Å². The van der Waals surface area contributed by atoms with Crippen LogP contribution in [0.4, 0.5) is 5.69 Å². The molecule has 3 aliphatic heterocycles. The first-order valence-corrected chi connectivity index (χ1v) is 21.0. The van der Waals surface area contributed by atoms with E-state index in [2.05, 4.69) is 15.5 Å². The Kier molecular flexibility index (Phi) is 15.1. The Morgan fingerprint density at radius 3 is 2.20 bits per heavy atom. The van der Waals surface area contributed by atoms with Gasteiger partial charge in [0.1, 0.15) is 23.4 Å². The van der Waals surface area contributed by atoms with E-state index in [-0.39, 0.29) is 44.5 Å². The first-order chi connectivity index (χ1) is 28.8. The maximum atomic E-state index is 14.5. The molecule has 2 aromatic carbocycles. The molecule has 1 fully saturated rings. The summed E-state index contributed by atoms with van der Waals surface area (Å²) in [5.41, 5.74) is 0.411. The molecule has 9 unspecified atom stereocenters. The number of esters is 1. The van der Waals surface area contributed by atoms with Crippen molar-refractivity contribution in [1.29, 1.82) is 0 Å². The number of methoxy groups -OCH3 is 1. The van der Waals surface area contributed by atoms with Crippen molar-refractivity contribution in [3.63, 3.8) is 0 Å². The summed E-state index contributed by atoms with van der Waals surface area (Å²) in [5.74, 6) is -8.45. The molecule has 0 aromatic heterocycles. The first kappa shape index (κ1) is 46.8. The Bertz CT molecular complexity index is 2150. The second-order valence-electron chi connectivity index (χ2n) is 16.8. The quantitative estimate of drug-likeness (QED) is 0.0587. The highest BCUT2D eigenvalue weighted by Gasteiger charge is 2.50. The van der Waals surface area contributed by atoms with Crippen molar-refractivity contribution in [2.45, 2.75) is 131 Å². The van der Waals surface area contributed by atoms with E-state index in [4.69, 9.17) is 18.9 Å². The molecule has 3 heterocycles. The number of rotatable bonds is 4. The minimum Gasteiger partial charge on any atom is -0.507 e. The van der Waals surface area contributed by atoms with Gasteiger partial charge in [-0.05, 0) is 45.6 Å². The minimum absolute atomic E-state index is 0.0497. The highest BCUT2D eigenvalue weighted by Crippen LogP contribution is 2.55. The van der Waals surface area contributed by atoms with Gasteiger partial charge in [-0.15, -0.1) is 0 Å². The summed E-state index contributed by atoms with van der Waals surface area (Å²) in [7, 11) is 1.44. The number of hydrogen-bond donors (Lipinski definition) is 6. The zero-order valence-corrected chi connectivity index (χ0v) is 36.5. The third-order valence-electron chi connectivity index (χ3n) is 12.3. The number of aliphatic hydroxyl groups excluding tert-OH is 2. The molecule has 6 rings (SSSR count). The molecule has 2 aromatic rings. The molecule has 0 saturated heterocycles. The van der Waals surface area contributed by atoms with Gasteiger partial charge in [0.2, 0.25) is 0 Å². The normalized spacial score (nSPS) is 29.5. The smallest absolute Gasteiger partial charge is 0.312 e. The number of ketones is 1. The fourth-order valence-corrected chi connectivity index (χ4v) is 8.45. The van der Waals surface area contributed by atoms with Gasteiger partial charge >= 0.3 is 11.8 Å². The number of nitrogens with zero attached hydrogens (tertiary/aromatic N) is 2. The molecule has 1 saturated carbocycles. The third kappa shape index (κ3) is 9.79. The summed E-state index contributed by atoms with van der Waals surface area (Å²) >= 11 is 0. The van der Waals surface area contributed by atoms with Gasteiger partial charge in [-0.3, -0.25) is 14.4 Å². The van der Waals surface area contributed by atoms with E-state index in [1.54, 1.807) is 39.8 Å². The van der Waals surface area contributed by atoms with Gasteiger partial charge in [-0.25, -0.2) is 0 Å². The van der Waals surface area contributed by atoms with Crippen LogP contribution < -0.4 is 10.1 Å². The van der Waals surface area contributed by atoms with Gasteiger partial charge in [0.05, 0.1) is 53.0 Å². The Hall–Kier alpha value is -5.25. The Labute approximate surface area is 356 Å². The molecule has 1 amide bonds. The number of benzene rings is 2. The van der Waals surface area contributed by atoms with Crippen LogP contribution >= 0.6 is 0 Å². The number of aromatic hydroxyl groups is 3. The molecule has 0 spiro atoms. The molecule has 6 N–H and O–H groups in total. The number of carbonyl (C=O) groups is 3. The Balaban J connectivity index is 1.71. The number of anilines is 1. The van der Waals surface area contributed by atoms with Crippen LogP contribution in [0.15, 0.2) is 46.3 Å². The summed E-state index contributed by atoms with van der Waals surface area (Å²) in [6, 6.07) is 0. The van der Waals surface area contributed by atoms with Gasteiger partial charge in [0.15, 0.2) is 5.75 Å². The summed E-state index contributed by atoms with van der Waals surface area (Å²) in [4.78, 5) is 40.6. The van der Waals surface area contributed by atoms with Crippen molar-refractivity contribution in [3.8, 4) is 23.0 Å². The fraction of sp³-hybridized carbons (Fsp3) is 0.543. The van der Waals surface area contributed by atoms with E-state index >= 15 is 0 Å². The number of allylic oxidation sites excluding steroid dienone is 2. The molecule has 15 heteroatoms. The maximum absolute atomic E-state index is 14.5. The summed E-state index contributed by atoms with van der Waals surface area (Å²) in [6.07, 6.45) is 11.5. The molecular weight excluding hydrogens is 787 g/mol. The summed E-state index contributed by atoms with van der Waals surface area (Å²) in [6.45, 7) is 12.5. The van der Waals surface area contributed by atoms with Crippen molar-refractivity contribution in [3.05, 3.63) is 52.8 Å². The SMILES string of the molecule is COC1C=COC2(C)Oc3c(C)c(O)c4c(O)c(c(/C=N/N=C5CCCCCCC5)c(O)c4c3C2=O)NC(=O)C(C)=CC=CC(C)C(O)C(C)C(O)C(C)C(OC(C)=O)C1C. The van der Waals surface area contributed by atoms with Crippen LogP contribution in [0.1, 0.15) is 115 Å². The number of Topliss-reactive ketones (excluding diaryl/α,β-unsaturated/α-hetero) is 1. The molecule has 4 aliphatic rings. The van der Waals surface area contributed by atoms with Gasteiger partial charge in [0, 0.05) is 66.9 Å². The number of phenols is 3. The Morgan fingerprint density at radius 1 is 0.902 bits per heavy atom. The van der Waals surface area contributed by atoms with Gasteiger partial charge in [-0.2, -0.15) is 10.2 Å². The average Bonchev–Trinajstić information content (AvgIpc) is 3.47. The number of hydrogen-bond acceptors (Lipinski definition) is 14. The van der Waals surface area contributed by atoms with Crippen LogP contribution in [-0.2, 0) is 23.8 Å². The highest BCUT2D eigenvalue weighted by atomic mass is 16.7. The number of phenolic OH excluding ortho intramolecular Hbond substituents is 3. The maximum Gasteiger partial charge on any atom is 0.312 e. The van der Waals surface area contributed by atoms with E-state index in [9.17, 15) is 39.9 Å². The van der Waals surface area contributed by atoms with Crippen LogP contribution in [0.25, 0.3) is 10.8 Å². The molecule has 332 valence electrons. The number of ether oxygens (including phenoxy) is 4. The van der Waals surface area contributed by atoms with E-state index in [0.717, 1.165) is 50.7 Å². The van der Waals surface area contributed by atoms with E-state index in [1.165, 1.54) is 59.4 Å². The summed E-state index contributed by atoms with van der Waals surface area (Å²) < 4.78 is 23.6. The number of amides is 1. The largest absolute Gasteiger partial charge is 0.507 e. The average molecular weight is 848 g/mol. The number of fused-ring (bicyclic) bond motifs is 14. The summed E-state index contributed by atoms with van der Waals surface area (Å²) in [5, 5.41) is 69.3. The predicted molar refractivity (Wildman–Crippen MR) is 231 cm³/mol. The van der Waals surface area contributed by atoms with Crippen LogP contribution in [0, 0.1) is 30.6 Å². The molecular formula is C46H61N3O12. The van der Waals surface area contributed by atoms with Gasteiger partial charge in [-0.1, -0.05) is 65.2 Å². The van der Waals surface area contributed by atoms with Gasteiger partial charge < -0.3 is 49.8 Å². The second-order valence-corrected chi connectivity index (χ2v) is 16.8. The number of nitrogens with one attached hydrogen (secondary N) is 1. The molecule has 1 aliphatic carbocycles. The van der Waals surface area contributed by atoms with E-state index in [0.29, 0.717) is 0 Å². The molecule has 15 nitrogen and oxygen atoms in total. The topological polar surface area (TPSA) is 226 Å². The fourth-order valence-electron chi connectivity index (χ4n) is 8.45. The van der Waals surface area contributed by atoms with Crippen molar-refractivity contribution in [2.75, 3.05) is 12.4 Å². The lowest BCUT2D eigenvalue weighted by molar-refractivity contribution is -0.160. The Morgan fingerprint density at radius 2 is 1.56 bits per heavy atom. The molecule has 61 heavy (non-hydrogen) atoms. The molecule has 0 radical (unpaired) electrons. The molecule has 9 atom stereocenters. The lowest BCUT2D eigenvalue weighted by Crippen LogP contribution is -2.46. The lowest BCUT2D eigenvalue weighted by atomic mass is 9.78. The monoisotopic (exact) mass is 847 g/mol.